The lowest BCUT2D eigenvalue weighted by Gasteiger charge is -2.29. The molecule has 0 bridgehead atoms. The molecule has 2 aromatic heterocycles. The largest absolute Gasteiger partial charge is 0.508 e. The lowest BCUT2D eigenvalue weighted by molar-refractivity contribution is -0.144. The van der Waals surface area contributed by atoms with Gasteiger partial charge in [0, 0.05) is 60.0 Å². The Morgan fingerprint density at radius 3 is 1.10 bits per heavy atom. The Morgan fingerprint density at radius 1 is 0.365 bits per heavy atom. The summed E-state index contributed by atoms with van der Waals surface area (Å²) in [6, 6.07) is -4.73. The van der Waals surface area contributed by atoms with Crippen LogP contribution in [-0.2, 0) is 110 Å². The molecule has 0 radical (unpaired) electrons. The lowest BCUT2D eigenvalue weighted by atomic mass is 9.96. The minimum atomic E-state index is -1.74. The van der Waals surface area contributed by atoms with Gasteiger partial charge in [0.2, 0.25) is 100 Å². The molecule has 21 atom stereocenters. The molecule has 0 saturated carbocycles. The minimum absolute atomic E-state index is 0.0108. The van der Waals surface area contributed by atoms with Gasteiger partial charge in [-0.25, -0.2) is 4.79 Å². The van der Waals surface area contributed by atoms with Gasteiger partial charge < -0.3 is 138 Å². The molecular formula is C101H156N24O22S. The number of carbonyl (C=O) groups is 19. The number of H-pyrrole nitrogens is 2. The van der Waals surface area contributed by atoms with E-state index < -0.39 is 258 Å². The first-order valence-corrected chi connectivity index (χ1v) is 51.8. The van der Waals surface area contributed by atoms with Crippen LogP contribution in [-0.4, -0.2) is 277 Å². The molecule has 148 heavy (non-hydrogen) atoms. The van der Waals surface area contributed by atoms with Gasteiger partial charge in [-0.15, -0.1) is 0 Å². The second-order valence-corrected chi connectivity index (χ2v) is 39.7. The predicted molar refractivity (Wildman–Crippen MR) is 557 cm³/mol. The Labute approximate surface area is 866 Å². The van der Waals surface area contributed by atoms with E-state index >= 15 is 0 Å². The van der Waals surface area contributed by atoms with Crippen molar-refractivity contribution in [3.63, 3.8) is 0 Å². The third-order valence-electron chi connectivity index (χ3n) is 25.5. The fourth-order valence-electron chi connectivity index (χ4n) is 15.9. The molecule has 818 valence electrons. The number of aromatic hydroxyl groups is 1. The van der Waals surface area contributed by atoms with Crippen molar-refractivity contribution >= 4 is 152 Å². The fraction of sp³-hybridized carbons (Fsp3) is 0.584. The number of aromatic nitrogens is 2. The number of hydrogen-bond acceptors (Lipinski definition) is 24. The Kier molecular flexibility index (Phi) is 52.3. The van der Waals surface area contributed by atoms with Gasteiger partial charge in [-0.05, 0) is 195 Å². The average molecular weight is 2090 g/mol. The molecule has 0 aliphatic heterocycles. The number of benzene rings is 3. The van der Waals surface area contributed by atoms with Crippen molar-refractivity contribution in [2.45, 2.75) is 322 Å². The quantitative estimate of drug-likeness (QED) is 0.0142. The summed E-state index contributed by atoms with van der Waals surface area (Å²) in [5, 5.41) is 86.2. The van der Waals surface area contributed by atoms with Crippen LogP contribution in [0, 0.1) is 35.0 Å². The number of aromatic amines is 2. The fourth-order valence-corrected chi connectivity index (χ4v) is 16.4. The topological polar surface area (TPSA) is 735 Å². The van der Waals surface area contributed by atoms with Crippen LogP contribution in [0.5, 0.6) is 5.75 Å². The lowest BCUT2D eigenvalue weighted by Crippen LogP contribution is -2.61. The van der Waals surface area contributed by atoms with E-state index in [0.29, 0.717) is 47.0 Å². The maximum atomic E-state index is 14.7. The molecule has 17 amide bonds. The highest BCUT2D eigenvalue weighted by Gasteiger charge is 2.41. The van der Waals surface area contributed by atoms with Gasteiger partial charge in [0.05, 0.1) is 6.04 Å². The number of nitrogens with one attached hydrogen (secondary N) is 21. The minimum Gasteiger partial charge on any atom is -0.508 e. The number of phenols is 1. The first kappa shape index (κ1) is 124. The van der Waals surface area contributed by atoms with E-state index in [9.17, 15) is 106 Å². The van der Waals surface area contributed by atoms with Crippen molar-refractivity contribution in [2.75, 3.05) is 25.1 Å². The number of nitrogens with two attached hydrogens (primary N) is 3. The molecule has 0 fully saturated rings. The van der Waals surface area contributed by atoms with Crippen molar-refractivity contribution in [3.05, 3.63) is 102 Å². The third-order valence-corrected chi connectivity index (χ3v) is 26.1. The number of amides is 17. The zero-order valence-electron chi connectivity index (χ0n) is 87.5. The van der Waals surface area contributed by atoms with Gasteiger partial charge in [-0.1, -0.05) is 137 Å². The second kappa shape index (κ2) is 62.2. The zero-order chi connectivity index (χ0) is 111. The van der Waals surface area contributed by atoms with Gasteiger partial charge in [0.15, 0.2) is 5.96 Å². The van der Waals surface area contributed by atoms with E-state index in [0.717, 1.165) is 16.5 Å². The number of thioether (sulfide) groups is 1. The Hall–Kier alpha value is -14.0. The van der Waals surface area contributed by atoms with E-state index in [1.54, 1.807) is 99.8 Å². The number of aliphatic carboxylic acids is 2. The number of phenolic OH excluding ortho intramolecular Hbond substituents is 1. The van der Waals surface area contributed by atoms with Gasteiger partial charge in [-0.3, -0.25) is 91.7 Å². The Morgan fingerprint density at radius 2 is 0.689 bits per heavy atom. The summed E-state index contributed by atoms with van der Waals surface area (Å²) in [7, 11) is 0. The average Bonchev–Trinajstić information content (AvgIpc) is 1.66. The number of carbonyl (C=O) groups excluding carboxylic acids is 17. The molecule has 0 saturated heterocycles. The third kappa shape index (κ3) is 41.0. The number of rotatable bonds is 65. The molecular weight excluding hydrogens is 1930 g/mol. The van der Waals surface area contributed by atoms with Crippen molar-refractivity contribution in [1.29, 1.82) is 5.41 Å². The molecule has 5 rings (SSSR count). The molecule has 0 aliphatic rings. The Bertz CT molecular complexity index is 5350. The predicted octanol–water partition coefficient (Wildman–Crippen LogP) is 0.396. The number of unbranched alkanes of at least 4 members (excludes halogenated alkanes) is 1. The monoisotopic (exact) mass is 2090 g/mol. The van der Waals surface area contributed by atoms with Crippen molar-refractivity contribution in [3.8, 4) is 5.75 Å². The summed E-state index contributed by atoms with van der Waals surface area (Å²) in [5.41, 5.74) is 21.2. The molecule has 3 aromatic carbocycles. The van der Waals surface area contributed by atoms with Gasteiger partial charge >= 0.3 is 11.9 Å². The van der Waals surface area contributed by atoms with Gasteiger partial charge in [-0.2, -0.15) is 11.8 Å². The zero-order valence-corrected chi connectivity index (χ0v) is 88.4. The number of carboxylic acid groups (broad SMARTS) is 2. The van der Waals surface area contributed by atoms with Crippen LogP contribution in [0.25, 0.3) is 21.8 Å². The summed E-state index contributed by atoms with van der Waals surface area (Å²) in [6.45, 7) is 25.2. The Balaban J connectivity index is 1.27. The second-order valence-electron chi connectivity index (χ2n) is 38.7. The van der Waals surface area contributed by atoms with Crippen LogP contribution in [0.1, 0.15) is 211 Å². The highest BCUT2D eigenvalue weighted by atomic mass is 32.2. The normalized spacial score (nSPS) is 15.6. The van der Waals surface area contributed by atoms with Gasteiger partial charge in [0.25, 0.3) is 0 Å². The molecule has 30 N–H and O–H groups in total. The maximum absolute atomic E-state index is 14.7. The molecule has 0 aliphatic carbocycles. The van der Waals surface area contributed by atoms with Crippen LogP contribution < -0.4 is 113 Å². The summed E-state index contributed by atoms with van der Waals surface area (Å²) >= 11 is 1.41. The number of guanidine groups is 1. The van der Waals surface area contributed by atoms with Crippen molar-refractivity contribution in [2.24, 2.45) is 46.8 Å². The summed E-state index contributed by atoms with van der Waals surface area (Å²) in [4.78, 5) is 273. The number of hydrogen-bond donors (Lipinski definition) is 27. The molecule has 2 heterocycles. The van der Waals surface area contributed by atoms with Crippen LogP contribution in [0.3, 0.4) is 0 Å². The van der Waals surface area contributed by atoms with E-state index in [2.05, 4.69) is 106 Å². The molecule has 0 unspecified atom stereocenters. The van der Waals surface area contributed by atoms with Gasteiger partial charge in [0.1, 0.15) is 108 Å². The number of carboxylic acids is 2. The molecule has 47 heteroatoms. The van der Waals surface area contributed by atoms with Crippen molar-refractivity contribution in [1.82, 2.24) is 106 Å². The number of fused-ring (bicyclic) bond motifs is 2. The van der Waals surface area contributed by atoms with E-state index in [1.807, 2.05) is 36.6 Å². The molecule has 0 spiro atoms. The van der Waals surface area contributed by atoms with Crippen LogP contribution in [0.4, 0.5) is 0 Å². The summed E-state index contributed by atoms with van der Waals surface area (Å²) in [5.74, 6) is -19.8. The first-order chi connectivity index (χ1) is 69.8. The highest BCUT2D eigenvalue weighted by molar-refractivity contribution is 7.98. The SMILES string of the molecule is CC[C@H](C)[C@H](NC(=O)[C@H](CC(C)C)NC(=O)[C@H](C)NC(=O)[C@H](C)NC(=O)[C@@H](NC(=O)[C@H](CC(C)C)NC(=O)[C@H](CCCCN)NC(=O)[C@H](C)NC(=O)[C@H](Cc1ccc(O)cc1)NC(=O)[C@H](C)NC(=O)[C@H](C)NC(=O)[C@@H](NC(=O)[C@H](CCC(=O)O)NC(=O)[C@H](CCCNC(=N)N)NC(=O)[C@H](C)NC(=O)[C@H](Cc1c[nH]c2ccccc12)NC(=O)[C@H](CCSC)NC(=O)[C@@H](N)Cc1c[nH]c2ccccc12)[C@@H](C)CC)[C@@H](C)CC)C(=O)O. The smallest absolute Gasteiger partial charge is 0.326 e. The van der Waals surface area contributed by atoms with Crippen LogP contribution in [0.15, 0.2) is 85.2 Å². The molecule has 5 aromatic rings. The number of para-hydroxylation sites is 2. The summed E-state index contributed by atoms with van der Waals surface area (Å²) < 4.78 is 0. The highest BCUT2D eigenvalue weighted by Crippen LogP contribution is 2.24. The van der Waals surface area contributed by atoms with E-state index in [4.69, 9.17) is 22.6 Å². The van der Waals surface area contributed by atoms with Crippen LogP contribution in [0.2, 0.25) is 0 Å². The van der Waals surface area contributed by atoms with E-state index in [1.165, 1.54) is 77.6 Å². The summed E-state index contributed by atoms with van der Waals surface area (Å²) in [6.07, 6.45) is 5.30. The standard InChI is InChI=1S/C101H156N24O22S/c1-18-53(8)80(123-93(139)73(38-39-79(127)128)118-90(136)72(33-27-42-106-101(104)105)116-86(132)61(16)112-95(141)78(48-64-50-108-70-31-24-22-29-67(64)70)122-92(138)74(40-43-148-17)117-89(135)68(103)47-63-49-107-69-30-23-21-28-66(63)69)98(144)113-56(11)84(130)110-59(14)88(134)120-77(46-62-34-36-65(126)37-35-62)94(140)111-60(15)85(131)115-71(32-25-26-41-102)91(137)121-76(45-52(6)7)96(142)124-81(54(9)19-2)99(145)114-57(12)83(129)109-58(13)87(133)119-75(44-51(4)5)97(143)125-82(100(146)147)55(10)20-3/h21-24,28-31,34-37,49-61,68,71-78,80-82,107-108,126H,18-20,25-27,32-33,38-48,102-103H2,1-17H3,(H,109,129)(H,110,130)(H,111,140)(H,112,141)(H,113,144)(H,114,145)(H,115,131)(H,116,132)(H,117,135)(H,118,136)(H,119,133)(H,120,134)(H,121,137)(H,122,138)(H,123,139)(H,124,142)(H,125,143)(H,127,128)(H,146,147)(H4,104,105,106)/t53-,54-,55-,56-,57-,58-,59-,60-,61-,68-,71-,72-,73-,74-,75-,76-,77-,78-,80-,81-,82-/m0/s1. The van der Waals surface area contributed by atoms with Crippen LogP contribution >= 0.6 is 11.8 Å². The maximum Gasteiger partial charge on any atom is 0.326 e. The van der Waals surface area contributed by atoms with Crippen molar-refractivity contribution < 1.29 is 106 Å². The molecule has 46 nitrogen and oxygen atoms in total. The van der Waals surface area contributed by atoms with E-state index in [-0.39, 0.29) is 101 Å². The first-order valence-electron chi connectivity index (χ1n) is 50.4.